The first-order valence-electron chi connectivity index (χ1n) is 17.8. The highest BCUT2D eigenvalue weighted by Crippen LogP contribution is 2.54. The van der Waals surface area contributed by atoms with Crippen LogP contribution in [0.2, 0.25) is 0 Å². The Morgan fingerprint density at radius 1 is 0.820 bits per heavy atom. The Hall–Kier alpha value is -3.75. The van der Waals surface area contributed by atoms with Crippen molar-refractivity contribution in [3.63, 3.8) is 0 Å². The zero-order valence-electron chi connectivity index (χ0n) is 29.4. The predicted octanol–water partition coefficient (Wildman–Crippen LogP) is 10.6. The summed E-state index contributed by atoms with van der Waals surface area (Å²) in [6.45, 7) is 5.32. The number of thioether (sulfide) groups is 1. The van der Waals surface area contributed by atoms with Gasteiger partial charge in [-0.15, -0.1) is 11.8 Å². The number of rotatable bonds is 16. The number of hydrogen-bond acceptors (Lipinski definition) is 3. The molecule has 0 unspecified atom stereocenters. The van der Waals surface area contributed by atoms with Crippen molar-refractivity contribution < 1.29 is 22.7 Å². The molecule has 50 heavy (non-hydrogen) atoms. The number of benzene rings is 4. The van der Waals surface area contributed by atoms with Gasteiger partial charge in [0.05, 0.1) is 23.5 Å². The summed E-state index contributed by atoms with van der Waals surface area (Å²) in [7, 11) is 1.86. The summed E-state index contributed by atoms with van der Waals surface area (Å²) in [6, 6.07) is 33.0. The molecule has 0 spiro atoms. The maximum Gasteiger partial charge on any atom is 0.320 e. The summed E-state index contributed by atoms with van der Waals surface area (Å²) in [5, 5.41) is 0.00405. The summed E-state index contributed by atoms with van der Waals surface area (Å²) in [5.41, 5.74) is 2.71. The van der Waals surface area contributed by atoms with Gasteiger partial charge >= 0.3 is 6.03 Å². The second-order valence-corrected chi connectivity index (χ2v) is 14.9. The molecule has 1 saturated heterocycles. The van der Waals surface area contributed by atoms with Crippen LogP contribution in [-0.2, 0) is 16.1 Å². The highest BCUT2D eigenvalue weighted by molar-refractivity contribution is 8.01. The van der Waals surface area contributed by atoms with E-state index in [-0.39, 0.29) is 30.1 Å². The molecule has 0 aliphatic carbocycles. The average Bonchev–Trinajstić information content (AvgIpc) is 3.50. The van der Waals surface area contributed by atoms with Gasteiger partial charge in [0, 0.05) is 37.0 Å². The van der Waals surface area contributed by atoms with Gasteiger partial charge in [-0.05, 0) is 42.0 Å². The number of likely N-dealkylation sites (tertiary alicyclic amines) is 1. The fraction of sp³-hybridized carbons (Fsp3) is 0.405. The van der Waals surface area contributed by atoms with Gasteiger partial charge in [-0.2, -0.15) is 0 Å². The Kier molecular flexibility index (Phi) is 13.1. The van der Waals surface area contributed by atoms with Gasteiger partial charge in [0.15, 0.2) is 11.6 Å². The van der Waals surface area contributed by atoms with Crippen molar-refractivity contribution in [2.75, 3.05) is 26.7 Å². The lowest BCUT2D eigenvalue weighted by molar-refractivity contribution is 0.00943. The topological polar surface area (TPSA) is 32.8 Å². The number of carbonyl (C=O) groups is 1. The SMILES string of the molecule is CCCCC[C@@]1(COCc2cc(F)c(F)cc2F)C[C@@H](SC(c2ccccc2)(c2ccccc2)c2ccccc2)CN1C(=O)N(C)CCCC. The van der Waals surface area contributed by atoms with Crippen LogP contribution in [0.15, 0.2) is 103 Å². The van der Waals surface area contributed by atoms with Crippen molar-refractivity contribution in [2.24, 2.45) is 0 Å². The molecule has 2 amide bonds. The Labute approximate surface area is 300 Å². The van der Waals surface area contributed by atoms with E-state index in [4.69, 9.17) is 4.74 Å². The molecule has 1 fully saturated rings. The molecule has 2 atom stereocenters. The van der Waals surface area contributed by atoms with Crippen molar-refractivity contribution in [3.8, 4) is 0 Å². The first kappa shape index (κ1) is 37.5. The quantitative estimate of drug-likeness (QED) is 0.0662. The third-order valence-corrected chi connectivity index (χ3v) is 11.5. The summed E-state index contributed by atoms with van der Waals surface area (Å²) in [4.78, 5) is 18.2. The number of nitrogens with zero attached hydrogens (tertiary/aromatic N) is 2. The molecule has 0 saturated carbocycles. The van der Waals surface area contributed by atoms with E-state index in [9.17, 15) is 18.0 Å². The molecule has 266 valence electrons. The predicted molar refractivity (Wildman–Crippen MR) is 198 cm³/mol. The number of amides is 2. The van der Waals surface area contributed by atoms with Crippen LogP contribution in [0.5, 0.6) is 0 Å². The van der Waals surface area contributed by atoms with Crippen LogP contribution in [0.1, 0.15) is 81.0 Å². The van der Waals surface area contributed by atoms with Crippen molar-refractivity contribution >= 4 is 17.8 Å². The van der Waals surface area contributed by atoms with Crippen LogP contribution in [0, 0.1) is 17.5 Å². The van der Waals surface area contributed by atoms with E-state index in [0.29, 0.717) is 32.0 Å². The average molecular weight is 703 g/mol. The third kappa shape index (κ3) is 8.40. The molecule has 1 aliphatic heterocycles. The maximum atomic E-state index is 14.7. The van der Waals surface area contributed by atoms with E-state index in [1.807, 2.05) is 41.9 Å². The van der Waals surface area contributed by atoms with Gasteiger partial charge in [-0.1, -0.05) is 131 Å². The Morgan fingerprint density at radius 2 is 1.36 bits per heavy atom. The Balaban J connectivity index is 1.57. The van der Waals surface area contributed by atoms with Gasteiger partial charge in [0.2, 0.25) is 0 Å². The lowest BCUT2D eigenvalue weighted by atomic mass is 9.84. The van der Waals surface area contributed by atoms with Gasteiger partial charge in [-0.25, -0.2) is 18.0 Å². The van der Waals surface area contributed by atoms with Gasteiger partial charge in [-0.3, -0.25) is 0 Å². The van der Waals surface area contributed by atoms with Crippen molar-refractivity contribution in [1.29, 1.82) is 0 Å². The minimum absolute atomic E-state index is 0.00405. The molecule has 0 radical (unpaired) electrons. The highest BCUT2D eigenvalue weighted by atomic mass is 32.2. The number of ether oxygens (including phenoxy) is 1. The van der Waals surface area contributed by atoms with E-state index in [0.717, 1.165) is 54.9 Å². The first-order valence-corrected chi connectivity index (χ1v) is 18.7. The van der Waals surface area contributed by atoms with E-state index in [2.05, 4.69) is 86.6 Å². The molecule has 4 nitrogen and oxygen atoms in total. The van der Waals surface area contributed by atoms with Crippen LogP contribution in [-0.4, -0.2) is 53.4 Å². The Bertz CT molecular complexity index is 1560. The van der Waals surface area contributed by atoms with E-state index < -0.39 is 27.7 Å². The van der Waals surface area contributed by atoms with Crippen molar-refractivity contribution in [3.05, 3.63) is 143 Å². The molecule has 4 aromatic rings. The number of urea groups is 1. The van der Waals surface area contributed by atoms with Crippen LogP contribution in [0.3, 0.4) is 0 Å². The molecular weight excluding hydrogens is 654 g/mol. The zero-order chi connectivity index (χ0) is 35.6. The summed E-state index contributed by atoms with van der Waals surface area (Å²) < 4.78 is 48.1. The first-order chi connectivity index (χ1) is 24.2. The molecule has 1 heterocycles. The Morgan fingerprint density at radius 3 is 1.90 bits per heavy atom. The second-order valence-electron chi connectivity index (χ2n) is 13.4. The van der Waals surface area contributed by atoms with E-state index in [1.165, 1.54) is 0 Å². The molecular formula is C42H49F3N2O2S. The maximum absolute atomic E-state index is 14.7. The minimum Gasteiger partial charge on any atom is -0.374 e. The van der Waals surface area contributed by atoms with Crippen molar-refractivity contribution in [1.82, 2.24) is 9.80 Å². The summed E-state index contributed by atoms with van der Waals surface area (Å²) in [6.07, 6.45) is 6.12. The van der Waals surface area contributed by atoms with Crippen LogP contribution < -0.4 is 0 Å². The molecule has 0 aromatic heterocycles. The van der Waals surface area contributed by atoms with Gasteiger partial charge < -0.3 is 14.5 Å². The standard InChI is InChI=1S/C42H49F3N2O2S/c1-4-6-17-24-41(31-49-30-32-26-38(44)39(45)27-37(32)43)28-36(29-47(41)40(48)46(3)25-7-5-2)50-42(33-18-11-8-12-19-33,34-20-13-9-14-21-34)35-22-15-10-16-23-35/h8-16,18-23,26-27,36H,4-7,17,24-25,28-31H2,1-3H3/t36-,41+/m1/s1. The third-order valence-electron chi connectivity index (χ3n) is 9.82. The second kappa shape index (κ2) is 17.5. The number of halogens is 3. The smallest absolute Gasteiger partial charge is 0.320 e. The fourth-order valence-electron chi connectivity index (χ4n) is 7.20. The van der Waals surface area contributed by atoms with Crippen LogP contribution in [0.4, 0.5) is 18.0 Å². The van der Waals surface area contributed by atoms with Gasteiger partial charge in [0.25, 0.3) is 0 Å². The lowest BCUT2D eigenvalue weighted by Gasteiger charge is -2.40. The van der Waals surface area contributed by atoms with Crippen LogP contribution >= 0.6 is 11.8 Å². The molecule has 4 aromatic carbocycles. The number of unbranched alkanes of at least 4 members (excludes halogenated alkanes) is 3. The monoisotopic (exact) mass is 702 g/mol. The number of hydrogen-bond donors (Lipinski definition) is 0. The highest BCUT2D eigenvalue weighted by Gasteiger charge is 2.51. The molecule has 0 N–H and O–H groups in total. The van der Waals surface area contributed by atoms with Gasteiger partial charge in [0.1, 0.15) is 5.82 Å². The normalized spacial score (nSPS) is 17.6. The summed E-state index contributed by atoms with van der Waals surface area (Å²) >= 11 is 1.87. The lowest BCUT2D eigenvalue weighted by Crippen LogP contribution is -2.54. The number of carbonyl (C=O) groups excluding carboxylic acids is 1. The fourth-order valence-corrected chi connectivity index (χ4v) is 9.13. The van der Waals surface area contributed by atoms with E-state index in [1.54, 1.807) is 4.90 Å². The zero-order valence-corrected chi connectivity index (χ0v) is 30.2. The molecule has 8 heteroatoms. The van der Waals surface area contributed by atoms with Crippen LogP contribution in [0.25, 0.3) is 0 Å². The summed E-state index contributed by atoms with van der Waals surface area (Å²) in [5.74, 6) is -3.20. The molecule has 1 aliphatic rings. The minimum atomic E-state index is -1.23. The molecule has 0 bridgehead atoms. The largest absolute Gasteiger partial charge is 0.374 e. The molecule has 5 rings (SSSR count). The van der Waals surface area contributed by atoms with E-state index >= 15 is 0 Å². The van der Waals surface area contributed by atoms with Crippen molar-refractivity contribution in [2.45, 2.75) is 80.9 Å².